The molecule has 9 heteroatoms. The summed E-state index contributed by atoms with van der Waals surface area (Å²) in [5.41, 5.74) is 8.01. The third-order valence-electron chi connectivity index (χ3n) is 5.43. The predicted octanol–water partition coefficient (Wildman–Crippen LogP) is 1.99. The molecule has 0 aliphatic carbocycles. The van der Waals surface area contributed by atoms with Gasteiger partial charge in [0.2, 0.25) is 11.8 Å². The first kappa shape index (κ1) is 26.5. The largest absolute Gasteiger partial charge is 0.350 e. The van der Waals surface area contributed by atoms with Crippen molar-refractivity contribution in [2.45, 2.75) is 45.3 Å². The Hall–Kier alpha value is -2.78. The van der Waals surface area contributed by atoms with Crippen LogP contribution in [0, 0.1) is 11.7 Å². The minimum atomic E-state index is -0.594. The van der Waals surface area contributed by atoms with E-state index in [2.05, 4.69) is 10.4 Å². The Bertz CT molecular complexity index is 903. The Labute approximate surface area is 195 Å². The van der Waals surface area contributed by atoms with Crippen LogP contribution in [0.15, 0.2) is 30.5 Å². The second-order valence-electron chi connectivity index (χ2n) is 9.18. The highest BCUT2D eigenvalue weighted by molar-refractivity contribution is 5.90. The van der Waals surface area contributed by atoms with Gasteiger partial charge in [-0.15, -0.1) is 0 Å². The molecule has 1 aromatic carbocycles. The molecule has 0 spiro atoms. The van der Waals surface area contributed by atoms with Crippen molar-refractivity contribution in [3.8, 4) is 11.3 Å². The number of likely N-dealkylation sites (tertiary alicyclic amines) is 1. The van der Waals surface area contributed by atoms with E-state index in [1.54, 1.807) is 24.1 Å². The number of rotatable bonds is 6. The van der Waals surface area contributed by atoms with Gasteiger partial charge in [0, 0.05) is 25.7 Å². The normalized spacial score (nSPS) is 16.5. The van der Waals surface area contributed by atoms with Crippen LogP contribution in [0.2, 0.25) is 0 Å². The van der Waals surface area contributed by atoms with Crippen molar-refractivity contribution >= 4 is 11.8 Å². The molecule has 2 heterocycles. The summed E-state index contributed by atoms with van der Waals surface area (Å²) in [6.07, 6.45) is 2.62. The molecule has 2 amide bonds. The molecular formula is C24H37FN6O2. The third-order valence-corrected chi connectivity index (χ3v) is 5.43. The summed E-state index contributed by atoms with van der Waals surface area (Å²) in [5, 5.41) is 6.81. The minimum Gasteiger partial charge on any atom is -0.350 e. The van der Waals surface area contributed by atoms with Crippen molar-refractivity contribution in [3.63, 3.8) is 0 Å². The molecule has 0 radical (unpaired) electrons. The fourth-order valence-corrected chi connectivity index (χ4v) is 3.60. The number of aromatic nitrogens is 2. The van der Waals surface area contributed by atoms with Crippen molar-refractivity contribution in [1.29, 1.82) is 0 Å². The average Bonchev–Trinajstić information content (AvgIpc) is 3.37. The van der Waals surface area contributed by atoms with Gasteiger partial charge in [-0.3, -0.25) is 14.3 Å². The van der Waals surface area contributed by atoms with E-state index in [0.29, 0.717) is 30.8 Å². The number of amides is 2. The van der Waals surface area contributed by atoms with Crippen LogP contribution in [0.4, 0.5) is 4.39 Å². The molecule has 0 saturated carbocycles. The smallest absolute Gasteiger partial charge is 0.243 e. The number of nitrogens with zero attached hydrogens (tertiary/aromatic N) is 4. The summed E-state index contributed by atoms with van der Waals surface area (Å²) in [6.45, 7) is 4.69. The van der Waals surface area contributed by atoms with Crippen LogP contribution in [-0.2, 0) is 23.2 Å². The van der Waals surface area contributed by atoms with Crippen molar-refractivity contribution < 1.29 is 14.0 Å². The van der Waals surface area contributed by atoms with E-state index in [4.69, 9.17) is 5.73 Å². The molecule has 3 N–H and O–H groups in total. The molecule has 1 aromatic heterocycles. The van der Waals surface area contributed by atoms with E-state index in [9.17, 15) is 14.0 Å². The van der Waals surface area contributed by atoms with Crippen LogP contribution >= 0.6 is 0 Å². The van der Waals surface area contributed by atoms with Crippen LogP contribution < -0.4 is 11.1 Å². The molecule has 182 valence electrons. The summed E-state index contributed by atoms with van der Waals surface area (Å²) >= 11 is 0. The lowest BCUT2D eigenvalue weighted by molar-refractivity contribution is -0.140. The van der Waals surface area contributed by atoms with Crippen LogP contribution in [0.3, 0.4) is 0 Å². The Morgan fingerprint density at radius 2 is 1.85 bits per heavy atom. The Kier molecular flexibility index (Phi) is 9.55. The van der Waals surface area contributed by atoms with E-state index >= 15 is 0 Å². The van der Waals surface area contributed by atoms with Crippen LogP contribution in [0.25, 0.3) is 11.3 Å². The van der Waals surface area contributed by atoms with Gasteiger partial charge in [-0.2, -0.15) is 5.10 Å². The molecule has 2 unspecified atom stereocenters. The number of nitrogens with two attached hydrogens (primary N) is 1. The highest BCUT2D eigenvalue weighted by Gasteiger charge is 2.36. The molecule has 1 aliphatic heterocycles. The first-order chi connectivity index (χ1) is 15.5. The Balaban J connectivity index is 0.000000890. The molecule has 1 saturated heterocycles. The average molecular weight is 461 g/mol. The van der Waals surface area contributed by atoms with Crippen LogP contribution in [-0.4, -0.2) is 71.2 Å². The first-order valence-electron chi connectivity index (χ1n) is 11.2. The highest BCUT2D eigenvalue weighted by atomic mass is 19.1. The van der Waals surface area contributed by atoms with E-state index in [1.807, 2.05) is 52.0 Å². The quantitative estimate of drug-likeness (QED) is 0.687. The van der Waals surface area contributed by atoms with Gasteiger partial charge < -0.3 is 20.9 Å². The van der Waals surface area contributed by atoms with Gasteiger partial charge in [0.1, 0.15) is 11.7 Å². The zero-order valence-corrected chi connectivity index (χ0v) is 20.5. The van der Waals surface area contributed by atoms with E-state index in [1.165, 1.54) is 10.9 Å². The molecule has 1 fully saturated rings. The number of halogens is 1. The molecule has 0 bridgehead atoms. The van der Waals surface area contributed by atoms with E-state index in [0.717, 1.165) is 12.0 Å². The molecular weight excluding hydrogens is 423 g/mol. The monoisotopic (exact) mass is 460 g/mol. The zero-order valence-electron chi connectivity index (χ0n) is 20.5. The molecule has 3 rings (SSSR count). The zero-order chi connectivity index (χ0) is 24.7. The lowest BCUT2D eigenvalue weighted by atomic mass is 10.0. The van der Waals surface area contributed by atoms with Gasteiger partial charge in [0.25, 0.3) is 0 Å². The van der Waals surface area contributed by atoms with Gasteiger partial charge in [-0.25, -0.2) is 4.39 Å². The number of aryl methyl sites for hydroxylation is 1. The second-order valence-corrected chi connectivity index (χ2v) is 9.18. The standard InChI is InChI=1S/C21H28FN5O2.C3H9N/c1-13(2)18(23)21(29)27-10-4-5-17(27)20(28)24-11-14-6-8-15(9-7-14)19-16(22)12-25-26(19)3;1-4(2)3/h6-9,12-13,17-18H,4-5,10-11,23H2,1-3H3,(H,24,28);1-3H3. The number of carbonyl (C=O) groups is 2. The number of hydrogen-bond donors (Lipinski definition) is 2. The number of benzene rings is 1. The maximum atomic E-state index is 13.9. The molecule has 1 aliphatic rings. The summed E-state index contributed by atoms with van der Waals surface area (Å²) in [5.74, 6) is -0.692. The lowest BCUT2D eigenvalue weighted by Gasteiger charge is -2.28. The van der Waals surface area contributed by atoms with Crippen molar-refractivity contribution in [2.24, 2.45) is 18.7 Å². The topological polar surface area (TPSA) is 96.5 Å². The number of hydrogen-bond acceptors (Lipinski definition) is 5. The summed E-state index contributed by atoms with van der Waals surface area (Å²) < 4.78 is 15.3. The van der Waals surface area contributed by atoms with Crippen LogP contribution in [0.1, 0.15) is 32.3 Å². The third kappa shape index (κ3) is 7.10. The SMILES string of the molecule is CC(C)C(N)C(=O)N1CCCC1C(=O)NCc1ccc(-c2c(F)cnn2C)cc1.CN(C)C. The van der Waals surface area contributed by atoms with Gasteiger partial charge >= 0.3 is 0 Å². The second kappa shape index (κ2) is 11.9. The van der Waals surface area contributed by atoms with Gasteiger partial charge in [-0.1, -0.05) is 38.1 Å². The Morgan fingerprint density at radius 1 is 1.24 bits per heavy atom. The maximum absolute atomic E-state index is 13.9. The summed E-state index contributed by atoms with van der Waals surface area (Å²) in [7, 11) is 7.69. The fourth-order valence-electron chi connectivity index (χ4n) is 3.60. The minimum absolute atomic E-state index is 0.0228. The summed E-state index contributed by atoms with van der Waals surface area (Å²) in [6, 6.07) is 6.21. The molecule has 8 nitrogen and oxygen atoms in total. The number of nitrogens with one attached hydrogen (secondary N) is 1. The van der Waals surface area contributed by atoms with Gasteiger partial charge in [-0.05, 0) is 45.5 Å². The lowest BCUT2D eigenvalue weighted by Crippen LogP contribution is -2.52. The fraction of sp³-hybridized carbons (Fsp3) is 0.542. The predicted molar refractivity (Wildman–Crippen MR) is 128 cm³/mol. The maximum Gasteiger partial charge on any atom is 0.243 e. The van der Waals surface area contributed by atoms with Gasteiger partial charge in [0.05, 0.1) is 12.2 Å². The Morgan fingerprint density at radius 3 is 2.36 bits per heavy atom. The molecule has 2 atom stereocenters. The summed E-state index contributed by atoms with van der Waals surface area (Å²) in [4.78, 5) is 28.8. The van der Waals surface area contributed by atoms with Crippen LogP contribution in [0.5, 0.6) is 0 Å². The molecule has 2 aromatic rings. The highest BCUT2D eigenvalue weighted by Crippen LogP contribution is 2.23. The van der Waals surface area contributed by atoms with E-state index < -0.39 is 12.1 Å². The van der Waals surface area contributed by atoms with Gasteiger partial charge in [0.15, 0.2) is 5.82 Å². The number of carbonyl (C=O) groups excluding carboxylic acids is 2. The van der Waals surface area contributed by atoms with Crippen molar-refractivity contribution in [3.05, 3.63) is 41.8 Å². The van der Waals surface area contributed by atoms with E-state index in [-0.39, 0.29) is 23.5 Å². The first-order valence-corrected chi connectivity index (χ1v) is 11.2. The molecule has 33 heavy (non-hydrogen) atoms. The van der Waals surface area contributed by atoms with Crippen molar-refractivity contribution in [1.82, 2.24) is 24.9 Å². The van der Waals surface area contributed by atoms with Crippen molar-refractivity contribution in [2.75, 3.05) is 27.7 Å².